The van der Waals surface area contributed by atoms with E-state index in [0.717, 1.165) is 44.9 Å². The van der Waals surface area contributed by atoms with Crippen LogP contribution < -0.4 is 5.32 Å². The first-order valence-electron chi connectivity index (χ1n) is 28.2. The molecule has 388 valence electrons. The van der Waals surface area contributed by atoms with Gasteiger partial charge in [-0.25, -0.2) is 0 Å². The molecule has 7 atom stereocenters. The summed E-state index contributed by atoms with van der Waals surface area (Å²) in [5.41, 5.74) is 0. The molecule has 1 amide bonds. The van der Waals surface area contributed by atoms with Gasteiger partial charge in [0.25, 0.3) is 0 Å². The molecule has 1 aliphatic heterocycles. The minimum atomic E-state index is -1.57. The zero-order chi connectivity index (χ0) is 48.0. The van der Waals surface area contributed by atoms with Crippen molar-refractivity contribution in [3.05, 3.63) is 36.5 Å². The summed E-state index contributed by atoms with van der Waals surface area (Å²) in [6, 6.07) is -0.826. The van der Waals surface area contributed by atoms with Crippen LogP contribution in [0.1, 0.15) is 264 Å². The number of carbonyl (C=O) groups excluding carboxylic acids is 1. The van der Waals surface area contributed by atoms with E-state index in [9.17, 15) is 30.3 Å². The van der Waals surface area contributed by atoms with Crippen molar-refractivity contribution in [1.29, 1.82) is 0 Å². The van der Waals surface area contributed by atoms with Crippen LogP contribution in [0.15, 0.2) is 36.5 Å². The number of aliphatic hydroxyl groups excluding tert-OH is 5. The van der Waals surface area contributed by atoms with Gasteiger partial charge in [-0.2, -0.15) is 0 Å². The number of unbranched alkanes of at least 4 members (excludes halogenated alkanes) is 34. The van der Waals surface area contributed by atoms with Crippen LogP contribution in [0.3, 0.4) is 0 Å². The molecule has 66 heavy (non-hydrogen) atoms. The summed E-state index contributed by atoms with van der Waals surface area (Å²) in [5.74, 6) is -0.186. The zero-order valence-corrected chi connectivity index (χ0v) is 43.0. The molecule has 7 unspecified atom stereocenters. The Bertz CT molecular complexity index is 1130. The summed E-state index contributed by atoms with van der Waals surface area (Å²) in [6.07, 6.45) is 53.5. The Morgan fingerprint density at radius 3 is 1.27 bits per heavy atom. The Balaban J connectivity index is 2.27. The molecule has 0 spiro atoms. The molecule has 9 heteroatoms. The fourth-order valence-corrected chi connectivity index (χ4v) is 8.96. The molecule has 9 nitrogen and oxygen atoms in total. The number of allylic oxidation sites excluding steroid dienone is 5. The largest absolute Gasteiger partial charge is 0.394 e. The van der Waals surface area contributed by atoms with Crippen molar-refractivity contribution in [3.63, 3.8) is 0 Å². The maximum atomic E-state index is 13.0. The van der Waals surface area contributed by atoms with Crippen LogP contribution in [0.4, 0.5) is 0 Å². The van der Waals surface area contributed by atoms with Gasteiger partial charge in [0.15, 0.2) is 6.29 Å². The predicted octanol–water partition coefficient (Wildman–Crippen LogP) is 13.6. The summed E-state index contributed by atoms with van der Waals surface area (Å²) < 4.78 is 11.2. The minimum absolute atomic E-state index is 0.186. The molecule has 1 fully saturated rings. The molecular formula is C57H107NO8. The third-order valence-electron chi connectivity index (χ3n) is 13.4. The van der Waals surface area contributed by atoms with Gasteiger partial charge in [0.2, 0.25) is 5.91 Å². The van der Waals surface area contributed by atoms with Crippen molar-refractivity contribution in [2.75, 3.05) is 13.2 Å². The van der Waals surface area contributed by atoms with E-state index in [1.54, 1.807) is 6.08 Å². The van der Waals surface area contributed by atoms with Crippen molar-refractivity contribution in [3.8, 4) is 0 Å². The second kappa shape index (κ2) is 47.1. The van der Waals surface area contributed by atoms with E-state index >= 15 is 0 Å². The molecule has 1 saturated heterocycles. The highest BCUT2D eigenvalue weighted by Gasteiger charge is 2.44. The van der Waals surface area contributed by atoms with E-state index in [1.165, 1.54) is 199 Å². The first kappa shape index (κ1) is 62.4. The van der Waals surface area contributed by atoms with E-state index in [0.29, 0.717) is 6.42 Å². The zero-order valence-electron chi connectivity index (χ0n) is 43.0. The maximum absolute atomic E-state index is 13.0. The van der Waals surface area contributed by atoms with Crippen LogP contribution in [0.5, 0.6) is 0 Å². The van der Waals surface area contributed by atoms with Crippen molar-refractivity contribution in [2.45, 2.75) is 307 Å². The molecule has 0 aromatic heterocycles. The smallest absolute Gasteiger partial charge is 0.220 e. The lowest BCUT2D eigenvalue weighted by atomic mass is 9.99. The van der Waals surface area contributed by atoms with Gasteiger partial charge in [-0.05, 0) is 44.9 Å². The van der Waals surface area contributed by atoms with Crippen LogP contribution in [0.25, 0.3) is 0 Å². The van der Waals surface area contributed by atoms with Gasteiger partial charge in [0.1, 0.15) is 24.4 Å². The third kappa shape index (κ3) is 36.4. The fraction of sp³-hybridized carbons (Fsp3) is 0.877. The van der Waals surface area contributed by atoms with Gasteiger partial charge in [0.05, 0.1) is 25.4 Å². The lowest BCUT2D eigenvalue weighted by Gasteiger charge is -2.40. The van der Waals surface area contributed by atoms with Crippen molar-refractivity contribution in [1.82, 2.24) is 5.32 Å². The molecule has 0 saturated carbocycles. The van der Waals surface area contributed by atoms with E-state index in [-0.39, 0.29) is 12.5 Å². The first-order valence-corrected chi connectivity index (χ1v) is 28.2. The predicted molar refractivity (Wildman–Crippen MR) is 276 cm³/mol. The average Bonchev–Trinajstić information content (AvgIpc) is 3.32. The second-order valence-electron chi connectivity index (χ2n) is 19.7. The number of amides is 1. The lowest BCUT2D eigenvalue weighted by molar-refractivity contribution is -0.302. The number of nitrogens with one attached hydrogen (secondary N) is 1. The second-order valence-corrected chi connectivity index (χ2v) is 19.7. The number of rotatable bonds is 48. The van der Waals surface area contributed by atoms with Gasteiger partial charge >= 0.3 is 0 Å². The van der Waals surface area contributed by atoms with E-state index in [1.807, 2.05) is 6.08 Å². The minimum Gasteiger partial charge on any atom is -0.394 e. The maximum Gasteiger partial charge on any atom is 0.220 e. The standard InChI is InChI=1S/C57H107NO8/c1-3-5-7-9-11-13-15-17-19-21-23-25-27-29-31-33-35-37-39-41-43-45-47-53(61)58-50(49-65-57-56(64)55(63)54(62)52(48-59)66-57)51(60)46-44-42-40-38-36-34-32-30-28-26-24-22-20-18-16-14-12-10-8-6-4-2/h28,30,36,38,44,46,50-52,54-57,59-60,62-64H,3-27,29,31-35,37,39-43,45,47-49H2,1-2H3,(H,58,61)/b30-28+,38-36+,46-44+. The molecule has 1 aliphatic rings. The molecule has 0 aliphatic carbocycles. The number of hydrogen-bond acceptors (Lipinski definition) is 8. The van der Waals surface area contributed by atoms with Crippen molar-refractivity contribution >= 4 is 5.91 Å². The molecule has 6 N–H and O–H groups in total. The Morgan fingerprint density at radius 1 is 0.500 bits per heavy atom. The third-order valence-corrected chi connectivity index (χ3v) is 13.4. The van der Waals surface area contributed by atoms with Gasteiger partial charge in [-0.1, -0.05) is 249 Å². The van der Waals surface area contributed by atoms with E-state index < -0.39 is 49.5 Å². The Hall–Kier alpha value is -1.59. The van der Waals surface area contributed by atoms with Gasteiger partial charge < -0.3 is 40.3 Å². The molecular weight excluding hydrogens is 827 g/mol. The van der Waals surface area contributed by atoms with Crippen molar-refractivity contribution < 1.29 is 39.8 Å². The quantitative estimate of drug-likeness (QED) is 0.0261. The van der Waals surface area contributed by atoms with Crippen LogP contribution >= 0.6 is 0 Å². The van der Waals surface area contributed by atoms with Crippen LogP contribution in [-0.4, -0.2) is 87.5 Å². The van der Waals surface area contributed by atoms with E-state index in [4.69, 9.17) is 9.47 Å². The van der Waals surface area contributed by atoms with Gasteiger partial charge in [0, 0.05) is 6.42 Å². The average molecular weight is 934 g/mol. The molecule has 1 heterocycles. The molecule has 1 rings (SSSR count). The highest BCUT2D eigenvalue weighted by molar-refractivity contribution is 5.76. The molecule has 0 radical (unpaired) electrons. The number of carbonyl (C=O) groups is 1. The summed E-state index contributed by atoms with van der Waals surface area (Å²) in [7, 11) is 0. The van der Waals surface area contributed by atoms with Crippen molar-refractivity contribution in [2.24, 2.45) is 0 Å². The summed E-state index contributed by atoms with van der Waals surface area (Å²) in [5, 5.41) is 54.4. The van der Waals surface area contributed by atoms with Crippen LogP contribution in [0, 0.1) is 0 Å². The topological polar surface area (TPSA) is 149 Å². The number of ether oxygens (including phenoxy) is 2. The van der Waals surface area contributed by atoms with Gasteiger partial charge in [-0.3, -0.25) is 4.79 Å². The number of hydrogen-bond donors (Lipinski definition) is 6. The lowest BCUT2D eigenvalue weighted by Crippen LogP contribution is -2.60. The SMILES string of the molecule is CCCCCCCCCCCCC/C=C/CC/C=C/CC/C=C/C(O)C(COC1OC(CO)C(O)C(O)C1O)NC(=O)CCCCCCCCCCCCCCCCCCCCCCCC. The summed E-state index contributed by atoms with van der Waals surface area (Å²) in [4.78, 5) is 13.0. The highest BCUT2D eigenvalue weighted by Crippen LogP contribution is 2.23. The monoisotopic (exact) mass is 934 g/mol. The molecule has 0 bridgehead atoms. The first-order chi connectivity index (χ1) is 32.3. The van der Waals surface area contributed by atoms with E-state index in [2.05, 4.69) is 43.5 Å². The molecule has 0 aromatic carbocycles. The Morgan fingerprint density at radius 2 is 0.864 bits per heavy atom. The number of aliphatic hydroxyl groups is 5. The Kier molecular flexibility index (Phi) is 44.6. The van der Waals surface area contributed by atoms with Crippen LogP contribution in [-0.2, 0) is 14.3 Å². The van der Waals surface area contributed by atoms with Gasteiger partial charge in [-0.15, -0.1) is 0 Å². The highest BCUT2D eigenvalue weighted by atomic mass is 16.7. The van der Waals surface area contributed by atoms with Crippen LogP contribution in [0.2, 0.25) is 0 Å². The summed E-state index contributed by atoms with van der Waals surface area (Å²) in [6.45, 7) is 3.79. The fourth-order valence-electron chi connectivity index (χ4n) is 8.96. The normalized spacial score (nSPS) is 20.0. The molecule has 0 aromatic rings. The summed E-state index contributed by atoms with van der Waals surface area (Å²) >= 11 is 0. The Labute approximate surface area is 406 Å².